The molecule has 172 valence electrons. The van der Waals surface area contributed by atoms with E-state index < -0.39 is 5.60 Å². The van der Waals surface area contributed by atoms with Gasteiger partial charge in [-0.05, 0) is 124 Å². The molecule has 8 aliphatic carbocycles. The van der Waals surface area contributed by atoms with Gasteiger partial charge in [-0.15, -0.1) is 0 Å². The van der Waals surface area contributed by atoms with Gasteiger partial charge in [-0.2, -0.15) is 0 Å². The van der Waals surface area contributed by atoms with E-state index in [2.05, 4.69) is 12.2 Å². The van der Waals surface area contributed by atoms with E-state index in [-0.39, 0.29) is 35.4 Å². The number of esters is 1. The average molecular weight is 430 g/mol. The molecule has 8 bridgehead atoms. The van der Waals surface area contributed by atoms with Crippen LogP contribution in [0.25, 0.3) is 0 Å². The number of nitrogens with one attached hydrogen (secondary N) is 1. The van der Waals surface area contributed by atoms with Crippen LogP contribution >= 0.6 is 0 Å². The van der Waals surface area contributed by atoms with E-state index >= 15 is 0 Å². The van der Waals surface area contributed by atoms with Gasteiger partial charge < -0.3 is 15.2 Å². The van der Waals surface area contributed by atoms with E-state index in [4.69, 9.17) is 4.74 Å². The fourth-order valence-electron chi connectivity index (χ4n) is 10.3. The predicted octanol–water partition coefficient (Wildman–Crippen LogP) is 3.97. The summed E-state index contributed by atoms with van der Waals surface area (Å²) >= 11 is 0. The third-order valence-electron chi connectivity index (χ3n) is 10.4. The summed E-state index contributed by atoms with van der Waals surface area (Å²) < 4.78 is 5.46. The Morgan fingerprint density at radius 2 is 1.45 bits per heavy atom. The van der Waals surface area contributed by atoms with Crippen molar-refractivity contribution in [3.63, 3.8) is 0 Å². The molecular formula is C26H39NO4. The molecule has 8 aliphatic rings. The Labute approximate surface area is 186 Å². The van der Waals surface area contributed by atoms with Gasteiger partial charge in [-0.25, -0.2) is 0 Å². The molecular weight excluding hydrogens is 390 g/mol. The largest absolute Gasteiger partial charge is 0.456 e. The second kappa shape index (κ2) is 6.95. The molecule has 0 radical (unpaired) electrons. The van der Waals surface area contributed by atoms with Crippen LogP contribution in [0.5, 0.6) is 0 Å². The fraction of sp³-hybridized carbons (Fsp3) is 0.923. The molecule has 5 heteroatoms. The van der Waals surface area contributed by atoms with Crippen LogP contribution in [0.15, 0.2) is 0 Å². The van der Waals surface area contributed by atoms with Crippen LogP contribution in [0, 0.1) is 40.4 Å². The molecule has 5 nitrogen and oxygen atoms in total. The van der Waals surface area contributed by atoms with Gasteiger partial charge >= 0.3 is 5.97 Å². The molecule has 0 spiro atoms. The molecule has 0 unspecified atom stereocenters. The number of carbonyl (C=O) groups excluding carboxylic acids is 2. The van der Waals surface area contributed by atoms with Crippen LogP contribution in [0.3, 0.4) is 0 Å². The Morgan fingerprint density at radius 3 is 2.00 bits per heavy atom. The maximum absolute atomic E-state index is 12.7. The van der Waals surface area contributed by atoms with Crippen LogP contribution in [0.4, 0.5) is 0 Å². The van der Waals surface area contributed by atoms with Crippen molar-refractivity contribution in [3.8, 4) is 0 Å². The summed E-state index contributed by atoms with van der Waals surface area (Å²) in [5.41, 5.74) is -0.392. The Morgan fingerprint density at radius 1 is 0.903 bits per heavy atom. The second-order valence-electron chi connectivity index (χ2n) is 13.1. The molecule has 8 saturated carbocycles. The third-order valence-corrected chi connectivity index (χ3v) is 10.4. The maximum atomic E-state index is 12.7. The molecule has 0 saturated heterocycles. The minimum atomic E-state index is -0.560. The number of ether oxygens (including phenoxy) is 1. The molecule has 0 aliphatic heterocycles. The molecule has 1 amide bonds. The van der Waals surface area contributed by atoms with Crippen molar-refractivity contribution in [1.82, 2.24) is 5.32 Å². The Balaban J connectivity index is 1.01. The molecule has 8 rings (SSSR count). The molecule has 8 fully saturated rings. The summed E-state index contributed by atoms with van der Waals surface area (Å²) in [6, 6.07) is 0.157. The van der Waals surface area contributed by atoms with Crippen molar-refractivity contribution in [2.75, 3.05) is 6.61 Å². The number of amides is 1. The van der Waals surface area contributed by atoms with Gasteiger partial charge in [0.1, 0.15) is 0 Å². The SMILES string of the molecule is C[C@@H](NC(=O)COC(=O)CC12C[C@@H]3C[C@H](CC(O)(C3)C1)C2)C12CC3CC(CC(C3)C1)C2. The third kappa shape index (κ3) is 3.63. The van der Waals surface area contributed by atoms with Gasteiger partial charge in [0.25, 0.3) is 5.91 Å². The number of rotatable bonds is 6. The number of aliphatic hydroxyl groups is 1. The van der Waals surface area contributed by atoms with Crippen molar-refractivity contribution in [2.45, 2.75) is 102 Å². The van der Waals surface area contributed by atoms with Gasteiger partial charge in [-0.3, -0.25) is 9.59 Å². The normalized spacial score (nSPS) is 49.8. The van der Waals surface area contributed by atoms with Crippen LogP contribution in [-0.2, 0) is 14.3 Å². The predicted molar refractivity (Wildman–Crippen MR) is 116 cm³/mol. The zero-order valence-electron chi connectivity index (χ0n) is 19.0. The number of carbonyl (C=O) groups is 2. The van der Waals surface area contributed by atoms with Crippen molar-refractivity contribution in [3.05, 3.63) is 0 Å². The first-order valence-electron chi connectivity index (χ1n) is 12.9. The van der Waals surface area contributed by atoms with Crippen molar-refractivity contribution in [2.24, 2.45) is 40.4 Å². The van der Waals surface area contributed by atoms with E-state index in [9.17, 15) is 14.7 Å². The summed E-state index contributed by atoms with van der Waals surface area (Å²) in [7, 11) is 0. The Kier molecular flexibility index (Phi) is 4.60. The molecule has 2 N–H and O–H groups in total. The van der Waals surface area contributed by atoms with Gasteiger partial charge in [-0.1, -0.05) is 0 Å². The standard InChI is InChI=1S/C26H39NO4/c1-16(25-8-17-2-18(9-25)4-19(3-17)10-25)27-22(28)14-31-23(29)13-24-6-20-5-21(7-24)12-26(30,11-20)15-24/h16-21,30H,2-15H2,1H3,(H,27,28)/t16-,17?,18?,19?,20+,21+,24?,25?,26?/m1/s1. The lowest BCUT2D eigenvalue weighted by Crippen LogP contribution is -2.56. The minimum absolute atomic E-state index is 0.0983. The maximum Gasteiger partial charge on any atom is 0.306 e. The minimum Gasteiger partial charge on any atom is -0.456 e. The van der Waals surface area contributed by atoms with E-state index in [1.165, 1.54) is 44.9 Å². The monoisotopic (exact) mass is 429 g/mol. The smallest absolute Gasteiger partial charge is 0.306 e. The highest BCUT2D eigenvalue weighted by atomic mass is 16.5. The van der Waals surface area contributed by atoms with Crippen molar-refractivity contribution < 1.29 is 19.4 Å². The Hall–Kier alpha value is -1.10. The van der Waals surface area contributed by atoms with E-state index in [1.54, 1.807) is 0 Å². The summed E-state index contributed by atoms with van der Waals surface area (Å²) in [6.07, 6.45) is 14.2. The van der Waals surface area contributed by atoms with Crippen molar-refractivity contribution in [1.29, 1.82) is 0 Å². The fourth-order valence-corrected chi connectivity index (χ4v) is 10.3. The van der Waals surface area contributed by atoms with Crippen LogP contribution in [0.1, 0.15) is 90.4 Å². The van der Waals surface area contributed by atoms with E-state index in [1.807, 2.05) is 0 Å². The summed E-state index contributed by atoms with van der Waals surface area (Å²) in [6.45, 7) is 2.01. The summed E-state index contributed by atoms with van der Waals surface area (Å²) in [5.74, 6) is 3.28. The number of hydrogen-bond donors (Lipinski definition) is 2. The lowest BCUT2D eigenvalue weighted by Gasteiger charge is -2.60. The topological polar surface area (TPSA) is 75.6 Å². The first-order chi connectivity index (χ1) is 14.7. The van der Waals surface area contributed by atoms with Gasteiger partial charge in [0, 0.05) is 6.04 Å². The Bertz CT molecular complexity index is 726. The van der Waals surface area contributed by atoms with E-state index in [0.717, 1.165) is 49.9 Å². The molecule has 3 atom stereocenters. The van der Waals surface area contributed by atoms with Crippen LogP contribution in [-0.4, -0.2) is 35.2 Å². The zero-order valence-corrected chi connectivity index (χ0v) is 19.0. The molecule has 0 aromatic carbocycles. The zero-order chi connectivity index (χ0) is 21.4. The highest BCUT2D eigenvalue weighted by Crippen LogP contribution is 2.63. The lowest BCUT2D eigenvalue weighted by atomic mass is 9.47. The van der Waals surface area contributed by atoms with Gasteiger partial charge in [0.2, 0.25) is 0 Å². The first kappa shape index (κ1) is 20.5. The first-order valence-corrected chi connectivity index (χ1v) is 12.9. The lowest BCUT2D eigenvalue weighted by molar-refractivity contribution is -0.177. The molecule has 0 aromatic heterocycles. The molecule has 0 aromatic rings. The quantitative estimate of drug-likeness (QED) is 0.627. The number of hydrogen-bond acceptors (Lipinski definition) is 4. The highest BCUT2D eigenvalue weighted by molar-refractivity contribution is 5.81. The van der Waals surface area contributed by atoms with Crippen molar-refractivity contribution >= 4 is 11.9 Å². The highest BCUT2D eigenvalue weighted by Gasteiger charge is 2.58. The van der Waals surface area contributed by atoms with Crippen LogP contribution < -0.4 is 5.32 Å². The average Bonchev–Trinajstić information content (AvgIpc) is 2.63. The van der Waals surface area contributed by atoms with Gasteiger partial charge in [0.15, 0.2) is 6.61 Å². The van der Waals surface area contributed by atoms with Crippen LogP contribution in [0.2, 0.25) is 0 Å². The second-order valence-corrected chi connectivity index (χ2v) is 13.1. The molecule has 0 heterocycles. The summed E-state index contributed by atoms with van der Waals surface area (Å²) in [5, 5.41) is 14.1. The summed E-state index contributed by atoms with van der Waals surface area (Å²) in [4.78, 5) is 25.3. The van der Waals surface area contributed by atoms with E-state index in [0.29, 0.717) is 18.3 Å². The molecule has 31 heavy (non-hydrogen) atoms. The van der Waals surface area contributed by atoms with Gasteiger partial charge in [0.05, 0.1) is 12.0 Å².